The smallest absolute Gasteiger partial charge is 0.231 e. The Labute approximate surface area is 126 Å². The van der Waals surface area contributed by atoms with Gasteiger partial charge in [0.05, 0.1) is 5.92 Å². The van der Waals surface area contributed by atoms with Crippen LogP contribution >= 0.6 is 15.9 Å². The summed E-state index contributed by atoms with van der Waals surface area (Å²) in [6.45, 7) is 3.81. The third kappa shape index (κ3) is 3.61. The van der Waals surface area contributed by atoms with Crippen molar-refractivity contribution < 1.29 is 9.90 Å². The molecule has 0 bridgehead atoms. The molecule has 2 rings (SSSR count). The Morgan fingerprint density at radius 2 is 1.85 bits per heavy atom. The number of anilines is 1. The second-order valence-corrected chi connectivity index (χ2v) is 5.74. The van der Waals surface area contributed by atoms with Crippen molar-refractivity contribution in [2.75, 3.05) is 5.32 Å². The number of aryl methyl sites for hydroxylation is 1. The van der Waals surface area contributed by atoms with E-state index in [-0.39, 0.29) is 17.6 Å². The molecule has 0 spiro atoms. The Morgan fingerprint density at radius 3 is 2.45 bits per heavy atom. The highest BCUT2D eigenvalue weighted by Gasteiger charge is 2.16. The minimum absolute atomic E-state index is 0.105. The number of halogens is 1. The van der Waals surface area contributed by atoms with E-state index in [2.05, 4.69) is 21.2 Å². The minimum atomic E-state index is -0.347. The standard InChI is InChI=1S/C16H16BrNO2/c1-10-3-5-14(6-4-10)18-16(20)11(2)12-7-13(17)9-15(19)8-12/h3-9,11,19H,1-2H3,(H,18,20). The maximum absolute atomic E-state index is 12.2. The van der Waals surface area contributed by atoms with Crippen LogP contribution in [-0.2, 0) is 4.79 Å². The Balaban J connectivity index is 2.14. The highest BCUT2D eigenvalue weighted by molar-refractivity contribution is 9.10. The van der Waals surface area contributed by atoms with Gasteiger partial charge in [0.15, 0.2) is 0 Å². The summed E-state index contributed by atoms with van der Waals surface area (Å²) in [5, 5.41) is 12.5. The lowest BCUT2D eigenvalue weighted by molar-refractivity contribution is -0.117. The summed E-state index contributed by atoms with van der Waals surface area (Å²) in [6, 6.07) is 12.7. The number of rotatable bonds is 3. The predicted molar refractivity (Wildman–Crippen MR) is 84.0 cm³/mol. The van der Waals surface area contributed by atoms with Crippen LogP contribution in [0.5, 0.6) is 5.75 Å². The topological polar surface area (TPSA) is 49.3 Å². The van der Waals surface area contributed by atoms with Crippen LogP contribution in [0.15, 0.2) is 46.9 Å². The van der Waals surface area contributed by atoms with Gasteiger partial charge in [0, 0.05) is 10.2 Å². The Hall–Kier alpha value is -1.81. The lowest BCUT2D eigenvalue weighted by atomic mass is 10.00. The molecule has 0 radical (unpaired) electrons. The molecule has 0 fully saturated rings. The van der Waals surface area contributed by atoms with E-state index < -0.39 is 0 Å². The number of amides is 1. The molecule has 0 aromatic heterocycles. The van der Waals surface area contributed by atoms with Crippen molar-refractivity contribution in [1.29, 1.82) is 0 Å². The first-order valence-electron chi connectivity index (χ1n) is 6.32. The van der Waals surface area contributed by atoms with Crippen LogP contribution in [-0.4, -0.2) is 11.0 Å². The van der Waals surface area contributed by atoms with Crippen molar-refractivity contribution in [3.8, 4) is 5.75 Å². The van der Waals surface area contributed by atoms with Gasteiger partial charge in [-0.05, 0) is 49.7 Å². The summed E-state index contributed by atoms with van der Waals surface area (Å²) < 4.78 is 0.752. The molecule has 1 atom stereocenters. The minimum Gasteiger partial charge on any atom is -0.508 e. The van der Waals surface area contributed by atoms with Gasteiger partial charge in [0.2, 0.25) is 5.91 Å². The molecule has 2 aromatic rings. The largest absolute Gasteiger partial charge is 0.508 e. The van der Waals surface area contributed by atoms with Gasteiger partial charge < -0.3 is 10.4 Å². The van der Waals surface area contributed by atoms with Crippen molar-refractivity contribution in [3.63, 3.8) is 0 Å². The van der Waals surface area contributed by atoms with Crippen LogP contribution in [0.1, 0.15) is 24.0 Å². The van der Waals surface area contributed by atoms with E-state index in [1.165, 1.54) is 0 Å². The number of hydrogen-bond donors (Lipinski definition) is 2. The number of benzene rings is 2. The fourth-order valence-corrected chi connectivity index (χ4v) is 2.38. The van der Waals surface area contributed by atoms with Crippen LogP contribution in [0.2, 0.25) is 0 Å². The van der Waals surface area contributed by atoms with Gasteiger partial charge in [-0.3, -0.25) is 4.79 Å². The van der Waals surface area contributed by atoms with Gasteiger partial charge in [-0.25, -0.2) is 0 Å². The van der Waals surface area contributed by atoms with Crippen LogP contribution in [0, 0.1) is 6.92 Å². The summed E-state index contributed by atoms with van der Waals surface area (Å²) in [5.41, 5.74) is 2.68. The van der Waals surface area contributed by atoms with Crippen LogP contribution in [0.3, 0.4) is 0 Å². The van der Waals surface area contributed by atoms with Crippen LogP contribution < -0.4 is 5.32 Å². The molecule has 2 N–H and O–H groups in total. The molecule has 20 heavy (non-hydrogen) atoms. The summed E-state index contributed by atoms with van der Waals surface area (Å²) in [5.74, 6) is -0.310. The first kappa shape index (κ1) is 14.6. The first-order valence-corrected chi connectivity index (χ1v) is 7.12. The maximum Gasteiger partial charge on any atom is 0.231 e. The molecule has 2 aromatic carbocycles. The Bertz CT molecular complexity index is 603. The van der Waals surface area contributed by atoms with Crippen LogP contribution in [0.4, 0.5) is 5.69 Å². The van der Waals surface area contributed by atoms with E-state index in [1.807, 2.05) is 44.2 Å². The number of hydrogen-bond acceptors (Lipinski definition) is 2. The van der Waals surface area contributed by atoms with Crippen molar-refractivity contribution in [2.24, 2.45) is 0 Å². The predicted octanol–water partition coefficient (Wildman–Crippen LogP) is 4.21. The Kier molecular flexibility index (Phi) is 4.45. The zero-order chi connectivity index (χ0) is 14.7. The van der Waals surface area contributed by atoms with Gasteiger partial charge >= 0.3 is 0 Å². The molecular formula is C16H16BrNO2. The molecule has 4 heteroatoms. The fourth-order valence-electron chi connectivity index (χ4n) is 1.89. The normalized spacial score (nSPS) is 11.9. The summed E-state index contributed by atoms with van der Waals surface area (Å²) in [6.07, 6.45) is 0. The lowest BCUT2D eigenvalue weighted by Gasteiger charge is -2.13. The number of carbonyl (C=O) groups is 1. The van der Waals surface area contributed by atoms with Crippen molar-refractivity contribution >= 4 is 27.5 Å². The molecule has 0 aliphatic carbocycles. The molecule has 1 unspecified atom stereocenters. The second kappa shape index (κ2) is 6.09. The van der Waals surface area contributed by atoms with E-state index in [1.54, 1.807) is 12.1 Å². The van der Waals surface area contributed by atoms with Gasteiger partial charge in [-0.2, -0.15) is 0 Å². The monoisotopic (exact) mass is 333 g/mol. The highest BCUT2D eigenvalue weighted by Crippen LogP contribution is 2.26. The average Bonchev–Trinajstić information content (AvgIpc) is 2.39. The molecule has 0 aliphatic heterocycles. The highest BCUT2D eigenvalue weighted by atomic mass is 79.9. The Morgan fingerprint density at radius 1 is 1.20 bits per heavy atom. The van der Waals surface area contributed by atoms with Crippen molar-refractivity contribution in [1.82, 2.24) is 0 Å². The van der Waals surface area contributed by atoms with Crippen LogP contribution in [0.25, 0.3) is 0 Å². The summed E-state index contributed by atoms with van der Waals surface area (Å²) in [4.78, 5) is 12.2. The van der Waals surface area contributed by atoms with E-state index in [0.29, 0.717) is 0 Å². The van der Waals surface area contributed by atoms with Gasteiger partial charge in [0.1, 0.15) is 5.75 Å². The van der Waals surface area contributed by atoms with Gasteiger partial charge in [-0.15, -0.1) is 0 Å². The molecule has 1 amide bonds. The molecule has 104 valence electrons. The number of nitrogens with one attached hydrogen (secondary N) is 1. The molecule has 0 saturated heterocycles. The maximum atomic E-state index is 12.2. The van der Waals surface area contributed by atoms with E-state index >= 15 is 0 Å². The van der Waals surface area contributed by atoms with E-state index in [4.69, 9.17) is 0 Å². The molecule has 3 nitrogen and oxygen atoms in total. The third-order valence-corrected chi connectivity index (χ3v) is 3.58. The molecule has 0 aliphatic rings. The molecular weight excluding hydrogens is 318 g/mol. The number of aromatic hydroxyl groups is 1. The number of phenols is 1. The van der Waals surface area contributed by atoms with Gasteiger partial charge in [0.25, 0.3) is 0 Å². The summed E-state index contributed by atoms with van der Waals surface area (Å²) >= 11 is 3.31. The third-order valence-electron chi connectivity index (χ3n) is 3.12. The second-order valence-electron chi connectivity index (χ2n) is 4.82. The van der Waals surface area contributed by atoms with E-state index in [0.717, 1.165) is 21.3 Å². The first-order chi connectivity index (χ1) is 9.45. The number of phenolic OH excluding ortho intramolecular Hbond substituents is 1. The fraction of sp³-hybridized carbons (Fsp3) is 0.188. The quantitative estimate of drug-likeness (QED) is 0.884. The van der Waals surface area contributed by atoms with Crippen molar-refractivity contribution in [2.45, 2.75) is 19.8 Å². The lowest BCUT2D eigenvalue weighted by Crippen LogP contribution is -2.18. The number of carbonyl (C=O) groups excluding carboxylic acids is 1. The molecule has 0 saturated carbocycles. The summed E-state index contributed by atoms with van der Waals surface area (Å²) in [7, 11) is 0. The zero-order valence-electron chi connectivity index (χ0n) is 11.4. The van der Waals surface area contributed by atoms with Gasteiger partial charge in [-0.1, -0.05) is 33.6 Å². The molecule has 0 heterocycles. The van der Waals surface area contributed by atoms with Crippen molar-refractivity contribution in [3.05, 3.63) is 58.1 Å². The van der Waals surface area contributed by atoms with E-state index in [9.17, 15) is 9.90 Å². The zero-order valence-corrected chi connectivity index (χ0v) is 12.9. The average molecular weight is 334 g/mol. The SMILES string of the molecule is Cc1ccc(NC(=O)C(C)c2cc(O)cc(Br)c2)cc1.